The average Bonchev–Trinajstić information content (AvgIpc) is 2.36. The molecule has 0 aliphatic carbocycles. The fourth-order valence-corrected chi connectivity index (χ4v) is 1.74. The molecule has 0 spiro atoms. The topological polar surface area (TPSA) is 0 Å². The van der Waals surface area contributed by atoms with E-state index in [1.165, 1.54) is 24.3 Å². The van der Waals surface area contributed by atoms with Crippen LogP contribution in [-0.4, -0.2) is 0 Å². The molecular weight excluding hydrogens is 275 g/mol. The minimum atomic E-state index is -2.19. The Balaban J connectivity index is 2.85. The summed E-state index contributed by atoms with van der Waals surface area (Å²) in [5.74, 6) is -9.99. The van der Waals surface area contributed by atoms with Crippen molar-refractivity contribution in [3.05, 3.63) is 58.4 Å². The molecule has 0 aliphatic heterocycles. The van der Waals surface area contributed by atoms with E-state index in [-0.39, 0.29) is 10.6 Å². The summed E-state index contributed by atoms with van der Waals surface area (Å²) in [7, 11) is 0. The highest BCUT2D eigenvalue weighted by molar-refractivity contribution is 6.33. The van der Waals surface area contributed by atoms with Gasteiger partial charge in [-0.05, 0) is 6.07 Å². The summed E-state index contributed by atoms with van der Waals surface area (Å²) in [6.45, 7) is 0. The van der Waals surface area contributed by atoms with Crippen LogP contribution in [0.25, 0.3) is 11.1 Å². The van der Waals surface area contributed by atoms with Gasteiger partial charge in [0, 0.05) is 10.6 Å². The molecular formula is C12H4ClF5. The standard InChI is InChI=1S/C12H4ClF5/c13-6-4-2-1-3-5(6)7-8(14)10(16)12(18)11(17)9(7)15/h1-4H. The summed E-state index contributed by atoms with van der Waals surface area (Å²) in [6, 6.07) is 5.30. The van der Waals surface area contributed by atoms with Crippen LogP contribution in [0, 0.1) is 29.1 Å². The molecule has 18 heavy (non-hydrogen) atoms. The van der Waals surface area contributed by atoms with Crippen molar-refractivity contribution in [2.45, 2.75) is 0 Å². The van der Waals surface area contributed by atoms with Gasteiger partial charge in [-0.1, -0.05) is 29.8 Å². The van der Waals surface area contributed by atoms with Crippen LogP contribution in [0.1, 0.15) is 0 Å². The number of hydrogen-bond acceptors (Lipinski definition) is 0. The molecule has 0 heterocycles. The Morgan fingerprint density at radius 1 is 0.667 bits per heavy atom. The van der Waals surface area contributed by atoms with Gasteiger partial charge < -0.3 is 0 Å². The lowest BCUT2D eigenvalue weighted by atomic mass is 10.0. The third-order valence-corrected chi connectivity index (χ3v) is 2.68. The molecule has 2 aromatic carbocycles. The fourth-order valence-electron chi connectivity index (χ4n) is 1.51. The monoisotopic (exact) mass is 278 g/mol. The quantitative estimate of drug-likeness (QED) is 0.403. The molecule has 0 amide bonds. The number of rotatable bonds is 1. The van der Waals surface area contributed by atoms with Crippen LogP contribution in [0.4, 0.5) is 22.0 Å². The predicted octanol–water partition coefficient (Wildman–Crippen LogP) is 4.70. The van der Waals surface area contributed by atoms with E-state index in [1.807, 2.05) is 0 Å². The van der Waals surface area contributed by atoms with Crippen LogP contribution in [0.15, 0.2) is 24.3 Å². The van der Waals surface area contributed by atoms with E-state index in [0.717, 1.165) is 0 Å². The van der Waals surface area contributed by atoms with Gasteiger partial charge in [-0.25, -0.2) is 22.0 Å². The molecule has 94 valence electrons. The van der Waals surface area contributed by atoms with Gasteiger partial charge in [0.05, 0.1) is 5.56 Å². The second-order valence-corrected chi connectivity index (χ2v) is 3.83. The Labute approximate surface area is 104 Å². The highest BCUT2D eigenvalue weighted by Crippen LogP contribution is 2.35. The van der Waals surface area contributed by atoms with E-state index in [0.29, 0.717) is 0 Å². The van der Waals surface area contributed by atoms with E-state index in [2.05, 4.69) is 0 Å². The normalized spacial score (nSPS) is 10.8. The molecule has 0 radical (unpaired) electrons. The maximum Gasteiger partial charge on any atom is 0.200 e. The summed E-state index contributed by atoms with van der Waals surface area (Å²) < 4.78 is 65.9. The third-order valence-electron chi connectivity index (χ3n) is 2.35. The summed E-state index contributed by atoms with van der Waals surface area (Å²) in [6.07, 6.45) is 0. The molecule has 0 aliphatic rings. The minimum absolute atomic E-state index is 0.110. The molecule has 2 rings (SSSR count). The molecule has 0 unspecified atom stereocenters. The summed E-state index contributed by atoms with van der Waals surface area (Å²) in [5, 5.41) is -0.110. The van der Waals surface area contributed by atoms with Gasteiger partial charge in [-0.15, -0.1) is 0 Å². The Kier molecular flexibility index (Phi) is 3.26. The zero-order valence-electron chi connectivity index (χ0n) is 8.58. The zero-order valence-corrected chi connectivity index (χ0v) is 9.33. The Morgan fingerprint density at radius 3 is 1.61 bits per heavy atom. The first-order valence-electron chi connectivity index (χ1n) is 4.71. The molecule has 0 fully saturated rings. The molecule has 0 N–H and O–H groups in total. The molecule has 0 saturated heterocycles. The first-order valence-corrected chi connectivity index (χ1v) is 5.09. The van der Waals surface area contributed by atoms with Crippen LogP contribution >= 0.6 is 11.6 Å². The summed E-state index contributed by atoms with van der Waals surface area (Å²) in [5.41, 5.74) is -1.29. The molecule has 0 aromatic heterocycles. The highest BCUT2D eigenvalue weighted by Gasteiger charge is 2.27. The van der Waals surface area contributed by atoms with Crippen LogP contribution in [0.2, 0.25) is 5.02 Å². The molecule has 0 saturated carbocycles. The van der Waals surface area contributed by atoms with Gasteiger partial charge in [-0.3, -0.25) is 0 Å². The second kappa shape index (κ2) is 4.57. The van der Waals surface area contributed by atoms with Crippen molar-refractivity contribution < 1.29 is 22.0 Å². The SMILES string of the molecule is Fc1c(F)c(F)c(-c2ccccc2Cl)c(F)c1F. The first-order chi connectivity index (χ1) is 8.45. The molecule has 0 nitrogen and oxygen atoms in total. The molecule has 2 aromatic rings. The van der Waals surface area contributed by atoms with Crippen molar-refractivity contribution in [3.8, 4) is 11.1 Å². The zero-order chi connectivity index (χ0) is 13.4. The Hall–Kier alpha value is -1.62. The highest BCUT2D eigenvalue weighted by atomic mass is 35.5. The lowest BCUT2D eigenvalue weighted by Crippen LogP contribution is -2.04. The average molecular weight is 279 g/mol. The van der Waals surface area contributed by atoms with E-state index >= 15 is 0 Å². The van der Waals surface area contributed by atoms with Crippen molar-refractivity contribution in [1.82, 2.24) is 0 Å². The maximum atomic E-state index is 13.5. The van der Waals surface area contributed by atoms with Crippen LogP contribution in [0.5, 0.6) is 0 Å². The summed E-state index contributed by atoms with van der Waals surface area (Å²) >= 11 is 5.68. The number of halogens is 6. The van der Waals surface area contributed by atoms with Crippen molar-refractivity contribution >= 4 is 11.6 Å². The summed E-state index contributed by atoms with van der Waals surface area (Å²) in [4.78, 5) is 0. The van der Waals surface area contributed by atoms with Crippen molar-refractivity contribution in [2.75, 3.05) is 0 Å². The van der Waals surface area contributed by atoms with E-state index in [1.54, 1.807) is 0 Å². The minimum Gasteiger partial charge on any atom is -0.203 e. The van der Waals surface area contributed by atoms with Crippen molar-refractivity contribution in [2.24, 2.45) is 0 Å². The lowest BCUT2D eigenvalue weighted by Gasteiger charge is -2.09. The van der Waals surface area contributed by atoms with Crippen LogP contribution in [-0.2, 0) is 0 Å². The lowest BCUT2D eigenvalue weighted by molar-refractivity contribution is 0.381. The van der Waals surface area contributed by atoms with Crippen molar-refractivity contribution in [3.63, 3.8) is 0 Å². The van der Waals surface area contributed by atoms with Crippen molar-refractivity contribution in [1.29, 1.82) is 0 Å². The second-order valence-electron chi connectivity index (χ2n) is 3.42. The predicted molar refractivity (Wildman–Crippen MR) is 56.7 cm³/mol. The van der Waals surface area contributed by atoms with E-state index in [9.17, 15) is 22.0 Å². The van der Waals surface area contributed by atoms with Gasteiger partial charge in [0.1, 0.15) is 0 Å². The Bertz CT molecular complexity index is 595. The van der Waals surface area contributed by atoms with Crippen LogP contribution < -0.4 is 0 Å². The van der Waals surface area contributed by atoms with Gasteiger partial charge in [-0.2, -0.15) is 0 Å². The van der Waals surface area contributed by atoms with Gasteiger partial charge in [0.2, 0.25) is 5.82 Å². The van der Waals surface area contributed by atoms with Crippen LogP contribution in [0.3, 0.4) is 0 Å². The van der Waals surface area contributed by atoms with E-state index in [4.69, 9.17) is 11.6 Å². The van der Waals surface area contributed by atoms with Gasteiger partial charge >= 0.3 is 0 Å². The van der Waals surface area contributed by atoms with E-state index < -0.39 is 34.6 Å². The largest absolute Gasteiger partial charge is 0.203 e. The Morgan fingerprint density at radius 2 is 1.11 bits per heavy atom. The fraction of sp³-hybridized carbons (Fsp3) is 0. The number of hydrogen-bond donors (Lipinski definition) is 0. The first kappa shape index (κ1) is 12.8. The van der Waals surface area contributed by atoms with Gasteiger partial charge in [0.25, 0.3) is 0 Å². The van der Waals surface area contributed by atoms with Gasteiger partial charge in [0.15, 0.2) is 23.3 Å². The number of benzene rings is 2. The maximum absolute atomic E-state index is 13.5. The smallest absolute Gasteiger partial charge is 0.200 e. The molecule has 0 atom stereocenters. The molecule has 0 bridgehead atoms. The third kappa shape index (κ3) is 1.84. The molecule has 6 heteroatoms.